The number of fused-ring (bicyclic) bond motifs is 1. The lowest BCUT2D eigenvalue weighted by atomic mass is 9.87. The lowest BCUT2D eigenvalue weighted by Gasteiger charge is -2.21. The van der Waals surface area contributed by atoms with Crippen LogP contribution in [0.25, 0.3) is 22.3 Å². The Balaban J connectivity index is 1.55. The molecular weight excluding hydrogens is 514 g/mol. The summed E-state index contributed by atoms with van der Waals surface area (Å²) in [5.41, 5.74) is 17.7. The van der Waals surface area contributed by atoms with E-state index in [1.54, 1.807) is 21.8 Å². The number of nitrogens with zero attached hydrogens (tertiary/aromatic N) is 5. The van der Waals surface area contributed by atoms with Gasteiger partial charge >= 0.3 is 5.63 Å². The van der Waals surface area contributed by atoms with Crippen molar-refractivity contribution in [2.24, 2.45) is 0 Å². The van der Waals surface area contributed by atoms with E-state index in [4.69, 9.17) is 15.9 Å². The van der Waals surface area contributed by atoms with E-state index in [1.807, 2.05) is 84.9 Å². The maximum atomic E-state index is 13.7. The normalized spacial score (nSPS) is 11.4. The Morgan fingerprint density at radius 1 is 0.756 bits per heavy atom. The standard InChI is InChI=1S/C32H31N7O2/c1-3-37(4-2)24-16-15-21-17-25(32(40)41-28(21)18-24)29(26-19-35-38(30(26)33)22-11-7-5-8-12-22)27-20-36-39(31(27)34)23-13-9-6-10-14-23/h5-20,29H,3-4,33-34H2,1-2H3. The molecule has 0 bridgehead atoms. The molecule has 41 heavy (non-hydrogen) atoms. The Morgan fingerprint density at radius 2 is 1.29 bits per heavy atom. The second-order valence-corrected chi connectivity index (χ2v) is 9.78. The highest BCUT2D eigenvalue weighted by Crippen LogP contribution is 2.38. The molecule has 0 unspecified atom stereocenters. The summed E-state index contributed by atoms with van der Waals surface area (Å²) < 4.78 is 9.24. The van der Waals surface area contributed by atoms with Crippen LogP contribution in [0.1, 0.15) is 36.5 Å². The van der Waals surface area contributed by atoms with Gasteiger partial charge in [-0.15, -0.1) is 0 Å². The molecular formula is C32H31N7O2. The van der Waals surface area contributed by atoms with Crippen molar-refractivity contribution in [1.29, 1.82) is 0 Å². The van der Waals surface area contributed by atoms with Crippen LogP contribution in [0, 0.1) is 0 Å². The lowest BCUT2D eigenvalue weighted by Crippen LogP contribution is -2.21. The number of nitrogens with two attached hydrogens (primary N) is 2. The summed E-state index contributed by atoms with van der Waals surface area (Å²) in [4.78, 5) is 15.9. The van der Waals surface area contributed by atoms with E-state index < -0.39 is 11.5 Å². The quantitative estimate of drug-likeness (QED) is 0.247. The summed E-state index contributed by atoms with van der Waals surface area (Å²) in [5.74, 6) is 0.113. The molecule has 0 amide bonds. The van der Waals surface area contributed by atoms with Crippen molar-refractivity contribution in [1.82, 2.24) is 19.6 Å². The van der Waals surface area contributed by atoms with Gasteiger partial charge in [0, 0.05) is 41.4 Å². The predicted octanol–water partition coefficient (Wildman–Crippen LogP) is 5.36. The third-order valence-corrected chi connectivity index (χ3v) is 7.48. The molecule has 0 spiro atoms. The van der Waals surface area contributed by atoms with Gasteiger partial charge in [0.2, 0.25) is 0 Å². The number of hydrogen-bond acceptors (Lipinski definition) is 7. The summed E-state index contributed by atoms with van der Waals surface area (Å²) in [6.07, 6.45) is 3.36. The summed E-state index contributed by atoms with van der Waals surface area (Å²) in [6, 6.07) is 27.0. The van der Waals surface area contributed by atoms with Crippen molar-refractivity contribution in [3.05, 3.63) is 124 Å². The largest absolute Gasteiger partial charge is 0.422 e. The summed E-state index contributed by atoms with van der Waals surface area (Å²) in [7, 11) is 0. The number of hydrogen-bond donors (Lipinski definition) is 2. The van der Waals surface area contributed by atoms with Crippen LogP contribution in [0.2, 0.25) is 0 Å². The van der Waals surface area contributed by atoms with Gasteiger partial charge in [-0.05, 0) is 56.3 Å². The van der Waals surface area contributed by atoms with E-state index in [0.717, 1.165) is 35.5 Å². The monoisotopic (exact) mass is 545 g/mol. The number of aromatic nitrogens is 4. The smallest absolute Gasteiger partial charge is 0.340 e. The first kappa shape index (κ1) is 25.9. The zero-order chi connectivity index (χ0) is 28.5. The maximum absolute atomic E-state index is 13.7. The van der Waals surface area contributed by atoms with Gasteiger partial charge in [-0.2, -0.15) is 10.2 Å². The molecule has 0 saturated carbocycles. The maximum Gasteiger partial charge on any atom is 0.340 e. The molecule has 4 N–H and O–H groups in total. The molecule has 0 radical (unpaired) electrons. The number of para-hydroxylation sites is 2. The Bertz CT molecular complexity index is 1790. The summed E-state index contributed by atoms with van der Waals surface area (Å²) in [6.45, 7) is 5.89. The van der Waals surface area contributed by atoms with Crippen LogP contribution in [0.15, 0.2) is 107 Å². The molecule has 0 aliphatic heterocycles. The minimum absolute atomic E-state index is 0.393. The van der Waals surface area contributed by atoms with Crippen molar-refractivity contribution >= 4 is 28.3 Å². The van der Waals surface area contributed by atoms with E-state index in [2.05, 4.69) is 28.9 Å². The molecule has 9 nitrogen and oxygen atoms in total. The molecule has 6 aromatic rings. The van der Waals surface area contributed by atoms with E-state index in [-0.39, 0.29) is 0 Å². The number of nitrogen functional groups attached to an aromatic ring is 2. The first-order valence-electron chi connectivity index (χ1n) is 13.6. The van der Waals surface area contributed by atoms with Gasteiger partial charge < -0.3 is 20.8 Å². The van der Waals surface area contributed by atoms with Crippen molar-refractivity contribution < 1.29 is 4.42 Å². The van der Waals surface area contributed by atoms with Crippen LogP contribution < -0.4 is 22.0 Å². The Labute approximate surface area is 237 Å². The fraction of sp³-hybridized carbons (Fsp3) is 0.156. The van der Waals surface area contributed by atoms with Crippen molar-refractivity contribution in [3.63, 3.8) is 0 Å². The van der Waals surface area contributed by atoms with E-state index in [0.29, 0.717) is 33.9 Å². The van der Waals surface area contributed by atoms with Crippen LogP contribution >= 0.6 is 0 Å². The van der Waals surface area contributed by atoms with Crippen LogP contribution in [-0.2, 0) is 0 Å². The topological polar surface area (TPSA) is 121 Å². The Kier molecular flexibility index (Phi) is 6.76. The molecule has 0 atom stereocenters. The average Bonchev–Trinajstić information content (AvgIpc) is 3.57. The summed E-state index contributed by atoms with van der Waals surface area (Å²) >= 11 is 0. The molecule has 0 aliphatic carbocycles. The molecule has 0 fully saturated rings. The highest BCUT2D eigenvalue weighted by atomic mass is 16.4. The average molecular weight is 546 g/mol. The third-order valence-electron chi connectivity index (χ3n) is 7.48. The van der Waals surface area contributed by atoms with Crippen molar-refractivity contribution in [3.8, 4) is 11.4 Å². The molecule has 3 aromatic carbocycles. The Morgan fingerprint density at radius 3 is 1.80 bits per heavy atom. The number of benzene rings is 3. The molecule has 3 aromatic heterocycles. The van der Waals surface area contributed by atoms with Gasteiger partial charge in [-0.25, -0.2) is 14.2 Å². The van der Waals surface area contributed by atoms with Crippen molar-refractivity contribution in [2.45, 2.75) is 19.8 Å². The highest BCUT2D eigenvalue weighted by molar-refractivity contribution is 5.81. The van der Waals surface area contributed by atoms with Gasteiger partial charge in [0.15, 0.2) is 0 Å². The van der Waals surface area contributed by atoms with Gasteiger partial charge in [0.05, 0.1) is 35.2 Å². The minimum atomic E-state index is -0.673. The zero-order valence-electron chi connectivity index (χ0n) is 22.9. The van der Waals surface area contributed by atoms with Gasteiger partial charge in [-0.3, -0.25) is 0 Å². The van der Waals surface area contributed by atoms with Crippen LogP contribution in [0.4, 0.5) is 17.3 Å². The molecule has 206 valence electrons. The summed E-state index contributed by atoms with van der Waals surface area (Å²) in [5, 5.41) is 9.95. The SMILES string of the molecule is CCN(CC)c1ccc2cc(C(c3cnn(-c4ccccc4)c3N)c3cnn(-c4ccccc4)c3N)c(=O)oc2c1. The fourth-order valence-corrected chi connectivity index (χ4v) is 5.34. The zero-order valence-corrected chi connectivity index (χ0v) is 22.9. The molecule has 0 saturated heterocycles. The second-order valence-electron chi connectivity index (χ2n) is 9.78. The second kappa shape index (κ2) is 10.7. The fourth-order valence-electron chi connectivity index (χ4n) is 5.34. The first-order valence-corrected chi connectivity index (χ1v) is 13.6. The third kappa shape index (κ3) is 4.61. The Hall–Kier alpha value is -5.31. The molecule has 3 heterocycles. The van der Waals surface area contributed by atoms with Gasteiger partial charge in [0.25, 0.3) is 0 Å². The first-order chi connectivity index (χ1) is 20.0. The minimum Gasteiger partial charge on any atom is -0.422 e. The lowest BCUT2D eigenvalue weighted by molar-refractivity contribution is 0.548. The predicted molar refractivity (Wildman–Crippen MR) is 163 cm³/mol. The van der Waals surface area contributed by atoms with E-state index >= 15 is 0 Å². The van der Waals surface area contributed by atoms with Gasteiger partial charge in [-0.1, -0.05) is 36.4 Å². The van der Waals surface area contributed by atoms with E-state index in [9.17, 15) is 4.79 Å². The van der Waals surface area contributed by atoms with Gasteiger partial charge in [0.1, 0.15) is 17.2 Å². The van der Waals surface area contributed by atoms with Crippen LogP contribution in [0.3, 0.4) is 0 Å². The van der Waals surface area contributed by atoms with Crippen LogP contribution in [0.5, 0.6) is 0 Å². The number of rotatable bonds is 8. The molecule has 0 aliphatic rings. The van der Waals surface area contributed by atoms with E-state index in [1.165, 1.54) is 0 Å². The molecule has 9 heteroatoms. The highest BCUT2D eigenvalue weighted by Gasteiger charge is 2.30. The van der Waals surface area contributed by atoms with Crippen LogP contribution in [-0.4, -0.2) is 32.7 Å². The molecule has 6 rings (SSSR count). The van der Waals surface area contributed by atoms with Crippen molar-refractivity contribution in [2.75, 3.05) is 29.5 Å². The number of anilines is 3.